The Morgan fingerprint density at radius 3 is 2.13 bits per heavy atom. The van der Waals surface area contributed by atoms with Crippen LogP contribution in [0.4, 0.5) is 11.4 Å². The second-order valence-corrected chi connectivity index (χ2v) is 14.0. The average molecular weight is 504 g/mol. The second-order valence-electron chi connectivity index (χ2n) is 8.18. The van der Waals surface area contributed by atoms with Crippen LogP contribution in [0, 0.1) is 0 Å². The van der Waals surface area contributed by atoms with Gasteiger partial charge in [0.15, 0.2) is 0 Å². The number of thiophene rings is 1. The summed E-state index contributed by atoms with van der Waals surface area (Å²) < 4.78 is 54.6. The molecule has 3 heterocycles. The fraction of sp³-hybridized carbons (Fsp3) is 0.500. The summed E-state index contributed by atoms with van der Waals surface area (Å²) in [5, 5.41) is 0.515. The molecule has 170 valence electrons. The van der Waals surface area contributed by atoms with Gasteiger partial charge in [0.1, 0.15) is 8.42 Å². The number of hydrogen-bond donors (Lipinski definition) is 1. The number of anilines is 2. The van der Waals surface area contributed by atoms with E-state index >= 15 is 0 Å². The van der Waals surface area contributed by atoms with Crippen LogP contribution in [0.15, 0.2) is 38.8 Å². The van der Waals surface area contributed by atoms with Gasteiger partial charge >= 0.3 is 0 Å². The predicted octanol–water partition coefficient (Wildman–Crippen LogP) is 4.36. The molecule has 0 saturated carbocycles. The third kappa shape index (κ3) is 4.32. The van der Waals surface area contributed by atoms with E-state index in [1.807, 2.05) is 0 Å². The minimum Gasteiger partial charge on any atom is -0.363 e. The molecular formula is C20H26ClN3O4S3. The van der Waals surface area contributed by atoms with E-state index in [9.17, 15) is 16.8 Å². The Kier molecular flexibility index (Phi) is 6.30. The lowest BCUT2D eigenvalue weighted by atomic mass is 9.84. The molecular weight excluding hydrogens is 478 g/mol. The molecule has 2 bridgehead atoms. The van der Waals surface area contributed by atoms with Crippen LogP contribution < -0.4 is 9.62 Å². The van der Waals surface area contributed by atoms with Crippen molar-refractivity contribution < 1.29 is 16.8 Å². The summed E-state index contributed by atoms with van der Waals surface area (Å²) in [5.41, 5.74) is 1.15. The van der Waals surface area contributed by atoms with Crippen LogP contribution in [0.3, 0.4) is 0 Å². The van der Waals surface area contributed by atoms with Gasteiger partial charge in [-0.2, -0.15) is 0 Å². The maximum Gasteiger partial charge on any atom is 0.271 e. The van der Waals surface area contributed by atoms with Crippen molar-refractivity contribution in [2.75, 3.05) is 23.7 Å². The van der Waals surface area contributed by atoms with Crippen molar-refractivity contribution in [2.24, 2.45) is 0 Å². The standard InChI is InChI=1S/C20H26ClN3O4S3/c1-23(2)31(27,28)19-13-12-18(29-19)30(25,26)22-17-11-5-10-16(21)20(17)24-14-6-3-7-15(24)9-4-8-14/h5,10-15,22H,3-4,6-9H2,1-2H3. The summed E-state index contributed by atoms with van der Waals surface area (Å²) in [4.78, 5) is 2.31. The number of hydrogen-bond acceptors (Lipinski definition) is 6. The highest BCUT2D eigenvalue weighted by atomic mass is 35.5. The van der Waals surface area contributed by atoms with E-state index in [0.29, 0.717) is 22.8 Å². The molecule has 0 spiro atoms. The summed E-state index contributed by atoms with van der Waals surface area (Å²) in [6.07, 6.45) is 6.65. The number of fused-ring (bicyclic) bond motifs is 2. The summed E-state index contributed by atoms with van der Waals surface area (Å²) in [7, 11) is -4.86. The minimum absolute atomic E-state index is 0.0187. The molecule has 0 unspecified atom stereocenters. The smallest absolute Gasteiger partial charge is 0.271 e. The van der Waals surface area contributed by atoms with Gasteiger partial charge in [-0.05, 0) is 62.8 Å². The molecule has 2 aliphatic rings. The molecule has 1 N–H and O–H groups in total. The molecule has 2 aromatic rings. The van der Waals surface area contributed by atoms with Gasteiger partial charge in [0.05, 0.1) is 16.4 Å². The van der Waals surface area contributed by atoms with E-state index in [-0.39, 0.29) is 8.42 Å². The lowest BCUT2D eigenvalue weighted by molar-refractivity contribution is 0.297. The van der Waals surface area contributed by atoms with Gasteiger partial charge in [0.25, 0.3) is 20.0 Å². The molecule has 2 aliphatic heterocycles. The van der Waals surface area contributed by atoms with E-state index < -0.39 is 20.0 Å². The molecule has 31 heavy (non-hydrogen) atoms. The third-order valence-electron chi connectivity index (χ3n) is 5.98. The van der Waals surface area contributed by atoms with Crippen molar-refractivity contribution >= 4 is 54.4 Å². The van der Waals surface area contributed by atoms with Crippen LogP contribution in [-0.2, 0) is 20.0 Å². The molecule has 1 aromatic carbocycles. The topological polar surface area (TPSA) is 86.8 Å². The molecule has 1 aromatic heterocycles. The first-order valence-corrected chi connectivity index (χ1v) is 14.3. The fourth-order valence-electron chi connectivity index (χ4n) is 4.51. The van der Waals surface area contributed by atoms with Crippen molar-refractivity contribution in [1.82, 2.24) is 4.31 Å². The summed E-state index contributed by atoms with van der Waals surface area (Å²) in [6, 6.07) is 8.58. The number of sulfonamides is 2. The van der Waals surface area contributed by atoms with Crippen molar-refractivity contribution in [2.45, 2.75) is 59.0 Å². The second kappa shape index (κ2) is 8.55. The molecule has 7 nitrogen and oxygen atoms in total. The van der Waals surface area contributed by atoms with Gasteiger partial charge in [-0.25, -0.2) is 21.1 Å². The number of halogens is 1. The molecule has 0 radical (unpaired) electrons. The highest BCUT2D eigenvalue weighted by molar-refractivity contribution is 7.96. The zero-order valence-electron chi connectivity index (χ0n) is 17.4. The van der Waals surface area contributed by atoms with E-state index in [4.69, 9.17) is 11.6 Å². The number of benzene rings is 1. The first-order chi connectivity index (χ1) is 14.6. The van der Waals surface area contributed by atoms with Gasteiger partial charge < -0.3 is 4.90 Å². The zero-order valence-corrected chi connectivity index (χ0v) is 20.6. The number of nitrogens with one attached hydrogen (secondary N) is 1. The van der Waals surface area contributed by atoms with Crippen molar-refractivity contribution in [3.05, 3.63) is 35.4 Å². The molecule has 2 fully saturated rings. The molecule has 0 aliphatic carbocycles. The highest BCUT2D eigenvalue weighted by Gasteiger charge is 2.36. The Bertz CT molecular complexity index is 1160. The molecule has 4 rings (SSSR count). The van der Waals surface area contributed by atoms with E-state index in [1.165, 1.54) is 39.1 Å². The lowest BCUT2D eigenvalue weighted by Crippen LogP contribution is -2.50. The van der Waals surface area contributed by atoms with Gasteiger partial charge in [0.2, 0.25) is 0 Å². The van der Waals surface area contributed by atoms with Crippen LogP contribution in [0.2, 0.25) is 5.02 Å². The SMILES string of the molecule is CN(C)S(=O)(=O)c1ccc(S(=O)(=O)Nc2cccc(Cl)c2N2C3CCCC2CCC3)s1. The van der Waals surface area contributed by atoms with Gasteiger partial charge in [-0.3, -0.25) is 4.72 Å². The molecule has 11 heteroatoms. The van der Waals surface area contributed by atoms with Crippen LogP contribution in [0.1, 0.15) is 38.5 Å². The number of piperidine rings is 2. The predicted molar refractivity (Wildman–Crippen MR) is 125 cm³/mol. The Balaban J connectivity index is 1.69. The molecule has 2 saturated heterocycles. The maximum absolute atomic E-state index is 13.1. The number of rotatable bonds is 6. The fourth-order valence-corrected chi connectivity index (χ4v) is 8.78. The Hall–Kier alpha value is -1.33. The number of para-hydroxylation sites is 1. The van der Waals surface area contributed by atoms with Crippen molar-refractivity contribution in [1.29, 1.82) is 0 Å². The average Bonchev–Trinajstić information content (AvgIpc) is 3.19. The minimum atomic E-state index is -3.98. The van der Waals surface area contributed by atoms with Crippen LogP contribution in [0.25, 0.3) is 0 Å². The Morgan fingerprint density at radius 2 is 1.55 bits per heavy atom. The summed E-state index contributed by atoms with van der Waals surface area (Å²) in [6.45, 7) is 0. The van der Waals surface area contributed by atoms with Crippen LogP contribution in [0.5, 0.6) is 0 Å². The molecule has 0 amide bonds. The summed E-state index contributed by atoms with van der Waals surface area (Å²) >= 11 is 7.32. The quantitative estimate of drug-likeness (QED) is 0.632. The number of nitrogens with zero attached hydrogens (tertiary/aromatic N) is 2. The van der Waals surface area contributed by atoms with Gasteiger partial charge in [-0.15, -0.1) is 11.3 Å². The Labute approximate surface area is 193 Å². The normalized spacial score (nSPS) is 22.0. The lowest BCUT2D eigenvalue weighted by Gasteiger charge is -2.48. The largest absolute Gasteiger partial charge is 0.363 e. The van der Waals surface area contributed by atoms with Crippen molar-refractivity contribution in [3.8, 4) is 0 Å². The van der Waals surface area contributed by atoms with Crippen LogP contribution in [-0.4, -0.2) is 47.3 Å². The van der Waals surface area contributed by atoms with E-state index in [1.54, 1.807) is 18.2 Å². The van der Waals surface area contributed by atoms with E-state index in [2.05, 4.69) is 9.62 Å². The Morgan fingerprint density at radius 1 is 0.968 bits per heavy atom. The van der Waals surface area contributed by atoms with Crippen molar-refractivity contribution in [3.63, 3.8) is 0 Å². The monoisotopic (exact) mass is 503 g/mol. The molecule has 0 atom stereocenters. The van der Waals surface area contributed by atoms with Crippen LogP contribution >= 0.6 is 22.9 Å². The summed E-state index contributed by atoms with van der Waals surface area (Å²) in [5.74, 6) is 0. The third-order valence-corrected chi connectivity index (χ3v) is 11.5. The first-order valence-electron chi connectivity index (χ1n) is 10.2. The van der Waals surface area contributed by atoms with Gasteiger partial charge in [0, 0.05) is 26.2 Å². The zero-order chi connectivity index (χ0) is 22.4. The highest BCUT2D eigenvalue weighted by Crippen LogP contribution is 2.44. The maximum atomic E-state index is 13.1. The van der Waals surface area contributed by atoms with Gasteiger partial charge in [-0.1, -0.05) is 17.7 Å². The first kappa shape index (κ1) is 22.8. The van der Waals surface area contributed by atoms with E-state index in [0.717, 1.165) is 47.0 Å².